The summed E-state index contributed by atoms with van der Waals surface area (Å²) in [5, 5.41) is 14.7. The number of halogens is 1. The number of carbonyl (C=O) groups is 3. The predicted molar refractivity (Wildman–Crippen MR) is 106 cm³/mol. The molecule has 0 heterocycles. The summed E-state index contributed by atoms with van der Waals surface area (Å²) in [4.78, 5) is 35.3. The van der Waals surface area contributed by atoms with E-state index in [9.17, 15) is 23.9 Å². The zero-order valence-electron chi connectivity index (χ0n) is 16.2. The van der Waals surface area contributed by atoms with Crippen LogP contribution in [0.3, 0.4) is 0 Å². The molecule has 9 heteroatoms. The molecule has 0 fully saturated rings. The lowest BCUT2D eigenvalue weighted by molar-refractivity contribution is -0.128. The molecule has 0 unspecified atom stereocenters. The Labute approximate surface area is 173 Å². The van der Waals surface area contributed by atoms with E-state index >= 15 is 0 Å². The van der Waals surface area contributed by atoms with Gasteiger partial charge in [0.15, 0.2) is 0 Å². The van der Waals surface area contributed by atoms with Gasteiger partial charge in [-0.25, -0.2) is 9.18 Å². The number of nitrogens with two attached hydrogens (primary N) is 1. The molecular weight excluding hydrogens is 393 g/mol. The molecule has 160 valence electrons. The van der Waals surface area contributed by atoms with Gasteiger partial charge in [0, 0.05) is 13.0 Å². The van der Waals surface area contributed by atoms with Gasteiger partial charge >= 0.3 is 6.09 Å². The second-order valence-corrected chi connectivity index (χ2v) is 6.66. The largest absolute Gasteiger partial charge is 0.445 e. The predicted octanol–water partition coefficient (Wildman–Crippen LogP) is 1.02. The number of aliphatic hydroxyl groups is 1. The molecule has 2 atom stereocenters. The van der Waals surface area contributed by atoms with Crippen molar-refractivity contribution in [2.24, 2.45) is 5.73 Å². The Hall–Kier alpha value is -3.46. The summed E-state index contributed by atoms with van der Waals surface area (Å²) >= 11 is 0. The van der Waals surface area contributed by atoms with Crippen molar-refractivity contribution in [2.75, 3.05) is 6.54 Å². The molecule has 0 spiro atoms. The highest BCUT2D eigenvalue weighted by Gasteiger charge is 2.21. The number of hydrogen-bond donors (Lipinski definition) is 4. The fourth-order valence-electron chi connectivity index (χ4n) is 2.64. The Balaban J connectivity index is 1.73. The molecule has 2 rings (SSSR count). The number of amides is 3. The molecule has 0 radical (unpaired) electrons. The van der Waals surface area contributed by atoms with Gasteiger partial charge in [0.05, 0.1) is 12.5 Å². The van der Waals surface area contributed by atoms with Gasteiger partial charge in [0.1, 0.15) is 18.5 Å². The van der Waals surface area contributed by atoms with Crippen LogP contribution in [0.25, 0.3) is 0 Å². The molecule has 0 saturated carbocycles. The van der Waals surface area contributed by atoms with Crippen LogP contribution in [-0.4, -0.2) is 41.7 Å². The van der Waals surface area contributed by atoms with Crippen molar-refractivity contribution in [1.82, 2.24) is 10.6 Å². The summed E-state index contributed by atoms with van der Waals surface area (Å²) < 4.78 is 18.3. The SMILES string of the molecule is NC(=O)[C@@H](Cc1cccc(F)c1)NC(=O)C[C@@H](O)CNC(=O)OCc1ccccc1. The molecule has 0 aliphatic rings. The third-order valence-corrected chi connectivity index (χ3v) is 4.12. The van der Waals surface area contributed by atoms with Crippen LogP contribution >= 0.6 is 0 Å². The zero-order chi connectivity index (χ0) is 21.9. The number of hydrogen-bond acceptors (Lipinski definition) is 5. The molecule has 2 aromatic carbocycles. The second-order valence-electron chi connectivity index (χ2n) is 6.66. The van der Waals surface area contributed by atoms with E-state index in [-0.39, 0.29) is 26.0 Å². The lowest BCUT2D eigenvalue weighted by Gasteiger charge is -2.17. The van der Waals surface area contributed by atoms with E-state index < -0.39 is 35.9 Å². The topological polar surface area (TPSA) is 131 Å². The van der Waals surface area contributed by atoms with Crippen molar-refractivity contribution >= 4 is 17.9 Å². The van der Waals surface area contributed by atoms with Crippen molar-refractivity contribution in [3.05, 3.63) is 71.5 Å². The average molecular weight is 417 g/mol. The van der Waals surface area contributed by atoms with Crippen molar-refractivity contribution in [1.29, 1.82) is 0 Å². The van der Waals surface area contributed by atoms with Gasteiger partial charge in [-0.05, 0) is 23.3 Å². The third-order valence-electron chi connectivity index (χ3n) is 4.12. The number of alkyl carbamates (subject to hydrolysis) is 1. The van der Waals surface area contributed by atoms with Crippen molar-refractivity contribution in [3.8, 4) is 0 Å². The van der Waals surface area contributed by atoms with E-state index in [1.54, 1.807) is 18.2 Å². The van der Waals surface area contributed by atoms with E-state index in [1.165, 1.54) is 18.2 Å². The number of primary amides is 1. The first kappa shape index (κ1) is 22.8. The van der Waals surface area contributed by atoms with Crippen LogP contribution in [0.4, 0.5) is 9.18 Å². The molecule has 3 amide bonds. The van der Waals surface area contributed by atoms with Crippen LogP contribution in [0.2, 0.25) is 0 Å². The Morgan fingerprint density at radius 1 is 1.07 bits per heavy atom. The first-order chi connectivity index (χ1) is 14.3. The number of ether oxygens (including phenoxy) is 1. The molecule has 0 aliphatic heterocycles. The van der Waals surface area contributed by atoms with Crippen LogP contribution in [0, 0.1) is 5.82 Å². The first-order valence-electron chi connectivity index (χ1n) is 9.29. The summed E-state index contributed by atoms with van der Waals surface area (Å²) in [6.07, 6.45) is -2.29. The quantitative estimate of drug-likeness (QED) is 0.458. The maximum Gasteiger partial charge on any atom is 0.407 e. The van der Waals surface area contributed by atoms with Gasteiger partial charge in [-0.2, -0.15) is 0 Å². The van der Waals surface area contributed by atoms with Crippen molar-refractivity contribution in [3.63, 3.8) is 0 Å². The molecule has 2 aromatic rings. The fraction of sp³-hybridized carbons (Fsp3) is 0.286. The number of aliphatic hydroxyl groups excluding tert-OH is 1. The Kier molecular flexibility index (Phi) is 8.76. The van der Waals surface area contributed by atoms with Gasteiger partial charge in [0.2, 0.25) is 11.8 Å². The molecule has 5 N–H and O–H groups in total. The highest BCUT2D eigenvalue weighted by atomic mass is 19.1. The number of nitrogens with one attached hydrogen (secondary N) is 2. The number of rotatable bonds is 10. The van der Waals surface area contributed by atoms with Gasteiger partial charge < -0.3 is 26.2 Å². The molecule has 0 aromatic heterocycles. The molecular formula is C21H24FN3O5. The van der Waals surface area contributed by atoms with Crippen LogP contribution in [-0.2, 0) is 27.4 Å². The van der Waals surface area contributed by atoms with E-state index in [0.717, 1.165) is 5.56 Å². The minimum absolute atomic E-state index is 0.0129. The fourth-order valence-corrected chi connectivity index (χ4v) is 2.64. The summed E-state index contributed by atoms with van der Waals surface area (Å²) in [6, 6.07) is 13.6. The van der Waals surface area contributed by atoms with E-state index in [4.69, 9.17) is 10.5 Å². The molecule has 0 saturated heterocycles. The molecule has 0 aliphatic carbocycles. The smallest absolute Gasteiger partial charge is 0.407 e. The summed E-state index contributed by atoms with van der Waals surface area (Å²) in [6.45, 7) is -0.143. The number of carbonyl (C=O) groups excluding carboxylic acids is 3. The van der Waals surface area contributed by atoms with Crippen molar-refractivity contribution in [2.45, 2.75) is 31.6 Å². The number of benzene rings is 2. The standard InChI is InChI=1S/C21H24FN3O5/c22-16-8-4-7-15(9-16)10-18(20(23)28)25-19(27)11-17(26)12-24-21(29)30-13-14-5-2-1-3-6-14/h1-9,17-18,26H,10-13H2,(H2,23,28)(H,24,29)(H,25,27)/t17-,18-/m1/s1. The average Bonchev–Trinajstić information content (AvgIpc) is 2.71. The monoisotopic (exact) mass is 417 g/mol. The van der Waals surface area contributed by atoms with Crippen LogP contribution < -0.4 is 16.4 Å². The summed E-state index contributed by atoms with van der Waals surface area (Å²) in [5.41, 5.74) is 6.60. The lowest BCUT2D eigenvalue weighted by Crippen LogP contribution is -2.47. The first-order valence-corrected chi connectivity index (χ1v) is 9.29. The third kappa shape index (κ3) is 8.27. The minimum Gasteiger partial charge on any atom is -0.445 e. The van der Waals surface area contributed by atoms with Gasteiger partial charge in [-0.1, -0.05) is 42.5 Å². The van der Waals surface area contributed by atoms with Gasteiger partial charge in [-0.15, -0.1) is 0 Å². The zero-order valence-corrected chi connectivity index (χ0v) is 16.2. The highest BCUT2D eigenvalue weighted by molar-refractivity contribution is 5.87. The van der Waals surface area contributed by atoms with E-state index in [2.05, 4.69) is 10.6 Å². The van der Waals surface area contributed by atoms with Crippen LogP contribution in [0.15, 0.2) is 54.6 Å². The summed E-state index contributed by atoms with van der Waals surface area (Å²) in [7, 11) is 0. The Morgan fingerprint density at radius 2 is 1.77 bits per heavy atom. The maximum absolute atomic E-state index is 13.3. The van der Waals surface area contributed by atoms with E-state index in [0.29, 0.717) is 5.56 Å². The van der Waals surface area contributed by atoms with E-state index in [1.807, 2.05) is 18.2 Å². The van der Waals surface area contributed by atoms with Crippen molar-refractivity contribution < 1.29 is 28.6 Å². The lowest BCUT2D eigenvalue weighted by atomic mass is 10.0. The van der Waals surface area contributed by atoms with Crippen LogP contribution in [0.5, 0.6) is 0 Å². The van der Waals surface area contributed by atoms with Crippen LogP contribution in [0.1, 0.15) is 17.5 Å². The van der Waals surface area contributed by atoms with Gasteiger partial charge in [0.25, 0.3) is 0 Å². The maximum atomic E-state index is 13.3. The molecule has 0 bridgehead atoms. The Bertz CT molecular complexity index is 863. The normalized spacial score (nSPS) is 12.5. The minimum atomic E-state index is -1.20. The molecule has 30 heavy (non-hydrogen) atoms. The Morgan fingerprint density at radius 3 is 2.43 bits per heavy atom. The highest BCUT2D eigenvalue weighted by Crippen LogP contribution is 2.07. The molecule has 8 nitrogen and oxygen atoms in total. The second kappa shape index (κ2) is 11.5. The summed E-state index contributed by atoms with van der Waals surface area (Å²) in [5.74, 6) is -1.89. The van der Waals surface area contributed by atoms with Gasteiger partial charge in [-0.3, -0.25) is 9.59 Å².